The zero-order chi connectivity index (χ0) is 26.0. The Kier molecular flexibility index (Phi) is 6.07. The van der Waals surface area contributed by atoms with E-state index in [9.17, 15) is 4.79 Å². The summed E-state index contributed by atoms with van der Waals surface area (Å²) in [4.78, 5) is 22.8. The van der Waals surface area contributed by atoms with Crippen LogP contribution in [0.25, 0.3) is 11.3 Å². The maximum Gasteiger partial charge on any atom is 0.223 e. The highest BCUT2D eigenvalue weighted by Crippen LogP contribution is 2.71. The lowest BCUT2D eigenvalue weighted by molar-refractivity contribution is -0.124. The molecule has 1 atom stereocenters. The minimum Gasteiger partial charge on any atom is -0.308 e. The number of halogens is 1. The van der Waals surface area contributed by atoms with Gasteiger partial charge in [-0.25, -0.2) is 4.98 Å². The summed E-state index contributed by atoms with van der Waals surface area (Å²) in [5.74, 6) is -1.19. The van der Waals surface area contributed by atoms with Gasteiger partial charge in [0.2, 0.25) is 5.91 Å². The second-order valence-electron chi connectivity index (χ2n) is 8.63. The zero-order valence-corrected chi connectivity index (χ0v) is 19.1. The van der Waals surface area contributed by atoms with Gasteiger partial charge in [-0.15, -0.1) is 10.4 Å². The molecule has 0 aromatic carbocycles. The van der Waals surface area contributed by atoms with Crippen molar-refractivity contribution in [1.29, 1.82) is 0 Å². The normalized spacial score (nSPS) is 23.1. The molecule has 3 aromatic rings. The van der Waals surface area contributed by atoms with E-state index in [-0.39, 0.29) is 16.5 Å². The van der Waals surface area contributed by atoms with Crippen molar-refractivity contribution in [3.05, 3.63) is 59.6 Å². The number of amides is 1. The second kappa shape index (κ2) is 8.19. The van der Waals surface area contributed by atoms with Gasteiger partial charge in [-0.3, -0.25) is 14.9 Å². The molecule has 1 aliphatic heterocycles. The third-order valence-corrected chi connectivity index (χ3v) is 6.78. The first-order valence-electron chi connectivity index (χ1n) is 10.1. The summed E-state index contributed by atoms with van der Waals surface area (Å²) in [6.45, 7) is 0. The minimum atomic E-state index is -2.60. The Balaban J connectivity index is 1.92. The Hall–Kier alpha value is -2.15. The second-order valence-corrected chi connectivity index (χ2v) is 9.01. The summed E-state index contributed by atoms with van der Waals surface area (Å²) < 4.78 is 0. The minimum absolute atomic E-state index is 0.0508. The maximum absolute atomic E-state index is 14.1. The molecule has 1 aliphatic rings. The smallest absolute Gasteiger partial charge is 0.223 e. The number of anilines is 1. The third kappa shape index (κ3) is 3.44. The van der Waals surface area contributed by atoms with Gasteiger partial charge in [-0.2, -0.15) is 5.10 Å². The Labute approximate surface area is 220 Å². The number of hydrogen-bond acceptors (Lipinski definition) is 4. The lowest BCUT2D eigenvalue weighted by Gasteiger charge is -2.73. The van der Waals surface area contributed by atoms with E-state index in [1.54, 1.807) is 24.5 Å². The molecule has 0 unspecified atom stereocenters. The van der Waals surface area contributed by atoms with E-state index in [0.29, 0.717) is 11.3 Å². The summed E-state index contributed by atoms with van der Waals surface area (Å²) in [6, 6.07) is 7.67. The van der Waals surface area contributed by atoms with Crippen molar-refractivity contribution in [2.24, 2.45) is 0 Å². The van der Waals surface area contributed by atoms with Crippen LogP contribution in [-0.2, 0) is 10.0 Å². The first-order chi connectivity index (χ1) is 16.1. The van der Waals surface area contributed by atoms with Gasteiger partial charge in [0.15, 0.2) is 5.82 Å². The number of aromatic nitrogens is 4. The zero-order valence-electron chi connectivity index (χ0n) is 18.4. The van der Waals surface area contributed by atoms with Gasteiger partial charge in [0.25, 0.3) is 0 Å². The molecule has 1 saturated heterocycles. The van der Waals surface area contributed by atoms with E-state index in [1.165, 1.54) is 24.4 Å². The molecule has 3 aromatic heterocycles. The number of H-pyrrole nitrogens is 1. The average Bonchev–Trinajstić information content (AvgIpc) is 3.27. The van der Waals surface area contributed by atoms with Crippen LogP contribution in [-0.4, -0.2) is 102 Å². The van der Waals surface area contributed by atoms with Crippen LogP contribution in [0.15, 0.2) is 48.9 Å². The fourth-order valence-electron chi connectivity index (χ4n) is 4.13. The summed E-state index contributed by atoms with van der Waals surface area (Å²) in [5.41, 5.74) is 1.23. The summed E-state index contributed by atoms with van der Waals surface area (Å²) in [7, 11) is 57.4. The van der Waals surface area contributed by atoms with E-state index in [0.717, 1.165) is 4.90 Å². The largest absolute Gasteiger partial charge is 0.308 e. The number of carbonyl (C=O) groups excluding carboxylic acids is 1. The monoisotopic (exact) mass is 457 g/mol. The van der Waals surface area contributed by atoms with Gasteiger partial charge in [-0.1, -0.05) is 22.9 Å². The van der Waals surface area contributed by atoms with Crippen LogP contribution in [0.5, 0.6) is 0 Å². The van der Waals surface area contributed by atoms with Gasteiger partial charge in [0, 0.05) is 30.2 Å². The molecule has 18 radical (unpaired) electrons. The number of pyridine rings is 2. The predicted molar refractivity (Wildman–Crippen MR) is 143 cm³/mol. The Morgan fingerprint density at radius 1 is 0.943 bits per heavy atom. The topological polar surface area (TPSA) is 74.8 Å². The van der Waals surface area contributed by atoms with Crippen LogP contribution < -0.4 is 4.90 Å². The highest BCUT2D eigenvalue weighted by molar-refractivity contribution is 6.69. The molecule has 16 heteroatoms. The summed E-state index contributed by atoms with van der Waals surface area (Å²) in [6.07, 6.45) is 4.35. The van der Waals surface area contributed by atoms with Crippen molar-refractivity contribution in [2.75, 3.05) is 4.90 Å². The molecule has 0 saturated carbocycles. The van der Waals surface area contributed by atoms with Crippen molar-refractivity contribution >= 4 is 93.9 Å². The van der Waals surface area contributed by atoms with Crippen molar-refractivity contribution in [2.45, 2.75) is 26.3 Å². The summed E-state index contributed by atoms with van der Waals surface area (Å²) >= 11 is 5.87. The lowest BCUT2D eigenvalue weighted by Crippen LogP contribution is -2.76. The lowest BCUT2D eigenvalue weighted by atomic mass is 9.08. The van der Waals surface area contributed by atoms with Gasteiger partial charge in [0.05, 0.1) is 76.3 Å². The molecule has 35 heavy (non-hydrogen) atoms. The van der Waals surface area contributed by atoms with Crippen molar-refractivity contribution < 1.29 is 4.79 Å². The number of aromatic amines is 1. The van der Waals surface area contributed by atoms with E-state index >= 15 is 0 Å². The van der Waals surface area contributed by atoms with Crippen LogP contribution >= 0.6 is 11.6 Å². The Morgan fingerprint density at radius 3 is 2.14 bits per heavy atom. The molecule has 0 spiro atoms. The molecule has 0 bridgehead atoms. The quantitative estimate of drug-likeness (QED) is 0.416. The number of nitrogens with one attached hydrogen (secondary N) is 1. The fourth-order valence-corrected chi connectivity index (χ4v) is 4.24. The van der Waals surface area contributed by atoms with Crippen molar-refractivity contribution in [1.82, 2.24) is 20.2 Å². The van der Waals surface area contributed by atoms with E-state index in [1.807, 2.05) is 0 Å². The number of carbonyl (C=O) groups is 1. The fraction of sp³-hybridized carbons (Fsp3) is 0.263. The first kappa shape index (κ1) is 25.9. The average molecular weight is 456 g/mol. The van der Waals surface area contributed by atoms with Crippen LogP contribution in [0.4, 0.5) is 5.82 Å². The molecular formula is C19H9B9ClN5O. The molecule has 1 fully saturated rings. The van der Waals surface area contributed by atoms with Gasteiger partial charge in [-0.05, 0) is 34.4 Å². The van der Waals surface area contributed by atoms with Gasteiger partial charge in [0.1, 0.15) is 5.15 Å². The molecule has 0 aliphatic carbocycles. The van der Waals surface area contributed by atoms with Crippen molar-refractivity contribution in [3.63, 3.8) is 0 Å². The van der Waals surface area contributed by atoms with Crippen LogP contribution in [0, 0.1) is 0 Å². The molecule has 4 rings (SSSR count). The van der Waals surface area contributed by atoms with E-state index < -0.39 is 32.2 Å². The molecule has 4 heterocycles. The number of nitrogens with zero attached hydrogens (tertiary/aromatic N) is 4. The van der Waals surface area contributed by atoms with E-state index in [2.05, 4.69) is 20.2 Å². The highest BCUT2D eigenvalue weighted by Gasteiger charge is 2.68. The standard InChI is InChI=1S/C19H9B9ClN5O/c20-15(16(21,22)10-1-2-12(29)31-8-10)14(35)34(19(27,28)18(25,26)17(15,23)24)13-7-11(32-33-13)9-3-5-30-6-4-9/h1-8H,(H,32,33)/t15-/m1/s1. The highest BCUT2D eigenvalue weighted by atomic mass is 35.5. The molecule has 1 N–H and O–H groups in total. The Bertz CT molecular complexity index is 1270. The van der Waals surface area contributed by atoms with E-state index in [4.69, 9.17) is 82.2 Å². The van der Waals surface area contributed by atoms with Crippen LogP contribution in [0.2, 0.25) is 20.9 Å². The number of rotatable bonds is 4. The summed E-state index contributed by atoms with van der Waals surface area (Å²) in [5, 5.41) is -5.28. The molecule has 150 valence electrons. The van der Waals surface area contributed by atoms with Gasteiger partial charge < -0.3 is 4.90 Å². The van der Waals surface area contributed by atoms with Crippen LogP contribution in [0.3, 0.4) is 0 Å². The maximum atomic E-state index is 14.1. The molecule has 1 amide bonds. The Morgan fingerprint density at radius 2 is 1.57 bits per heavy atom. The van der Waals surface area contributed by atoms with Crippen molar-refractivity contribution in [3.8, 4) is 11.3 Å². The molecule has 6 nitrogen and oxygen atoms in total. The molecular weight excluding hydrogens is 447 g/mol. The van der Waals surface area contributed by atoms with Crippen LogP contribution in [0.1, 0.15) is 5.56 Å². The first-order valence-corrected chi connectivity index (χ1v) is 10.5. The van der Waals surface area contributed by atoms with Gasteiger partial charge >= 0.3 is 0 Å². The number of piperidine rings is 1. The third-order valence-electron chi connectivity index (χ3n) is 6.55. The number of hydrogen-bond donors (Lipinski definition) is 1. The predicted octanol–water partition coefficient (Wildman–Crippen LogP) is -0.719. The SMILES string of the molecule is [B]C1([B])N(c2cc(-c3ccncc3)[nH]n2)C(=O)[C@@]([B])(C([B])([B])c2ccc(Cl)nc2)C([B])([B])C1([B])[B].